The van der Waals surface area contributed by atoms with Gasteiger partial charge in [0.05, 0.1) is 12.5 Å². The highest BCUT2D eigenvalue weighted by Crippen LogP contribution is 2.25. The van der Waals surface area contributed by atoms with Crippen LogP contribution < -0.4 is 4.74 Å². The van der Waals surface area contributed by atoms with E-state index in [9.17, 15) is 27.9 Å². The number of carbonyl (C=O) groups is 2. The summed E-state index contributed by atoms with van der Waals surface area (Å²) in [7, 11) is 0. The summed E-state index contributed by atoms with van der Waals surface area (Å²) in [5, 5.41) is 9.47. The van der Waals surface area contributed by atoms with Gasteiger partial charge in [0, 0.05) is 18.6 Å². The zero-order valence-electron chi connectivity index (χ0n) is 15.4. The van der Waals surface area contributed by atoms with Crippen molar-refractivity contribution in [3.05, 3.63) is 29.8 Å². The van der Waals surface area contributed by atoms with Crippen molar-refractivity contribution < 1.29 is 32.6 Å². The lowest BCUT2D eigenvalue weighted by atomic mass is 10.0. The minimum Gasteiger partial charge on any atom is -0.465 e. The number of halogens is 3. The topological polar surface area (TPSA) is 70.1 Å². The maximum atomic E-state index is 12.5. The molecule has 1 saturated heterocycles. The number of hydrogen-bond acceptors (Lipinski definition) is 3. The quantitative estimate of drug-likeness (QED) is 0.857. The summed E-state index contributed by atoms with van der Waals surface area (Å²) >= 11 is 0. The van der Waals surface area contributed by atoms with E-state index >= 15 is 0 Å². The SMILES string of the molecule is CC(C)(C)N(C(=O)O)[C@H]1CCN(C(=O)Cc2ccc(OC(F)(F)F)cc2)C1. The first-order valence-corrected chi connectivity index (χ1v) is 8.51. The smallest absolute Gasteiger partial charge is 0.465 e. The minimum absolute atomic E-state index is 0.0294. The highest BCUT2D eigenvalue weighted by Gasteiger charge is 2.38. The Kier molecular flexibility index (Phi) is 5.91. The summed E-state index contributed by atoms with van der Waals surface area (Å²) in [5.41, 5.74) is -0.0203. The Labute approximate surface area is 155 Å². The maximum Gasteiger partial charge on any atom is 0.573 e. The van der Waals surface area contributed by atoms with Gasteiger partial charge in [0.2, 0.25) is 5.91 Å². The van der Waals surface area contributed by atoms with E-state index in [1.165, 1.54) is 17.0 Å². The average molecular weight is 388 g/mol. The normalized spacial score (nSPS) is 17.7. The van der Waals surface area contributed by atoms with Crippen LogP contribution in [0.4, 0.5) is 18.0 Å². The largest absolute Gasteiger partial charge is 0.573 e. The summed E-state index contributed by atoms with van der Waals surface area (Å²) in [4.78, 5) is 27.0. The van der Waals surface area contributed by atoms with Crippen molar-refractivity contribution in [2.45, 2.75) is 51.6 Å². The summed E-state index contributed by atoms with van der Waals surface area (Å²) < 4.78 is 40.3. The summed E-state index contributed by atoms with van der Waals surface area (Å²) in [6.45, 7) is 6.15. The second-order valence-corrected chi connectivity index (χ2v) is 7.47. The highest BCUT2D eigenvalue weighted by molar-refractivity contribution is 5.79. The molecule has 0 unspecified atom stereocenters. The molecule has 1 aromatic carbocycles. The van der Waals surface area contributed by atoms with E-state index in [0.29, 0.717) is 25.1 Å². The Morgan fingerprint density at radius 1 is 1.22 bits per heavy atom. The Balaban J connectivity index is 1.96. The molecule has 27 heavy (non-hydrogen) atoms. The Morgan fingerprint density at radius 3 is 2.30 bits per heavy atom. The molecule has 1 aliphatic heterocycles. The number of benzene rings is 1. The number of carboxylic acid groups (broad SMARTS) is 1. The van der Waals surface area contributed by atoms with Gasteiger partial charge in [0.1, 0.15) is 5.75 Å². The van der Waals surface area contributed by atoms with Crippen LogP contribution in [0.3, 0.4) is 0 Å². The molecule has 0 saturated carbocycles. The molecule has 1 atom stereocenters. The van der Waals surface area contributed by atoms with Gasteiger partial charge in [-0.15, -0.1) is 13.2 Å². The molecule has 2 rings (SSSR count). The fourth-order valence-corrected chi connectivity index (χ4v) is 3.27. The molecule has 1 aliphatic rings. The lowest BCUT2D eigenvalue weighted by Gasteiger charge is -2.37. The molecule has 150 valence electrons. The van der Waals surface area contributed by atoms with Gasteiger partial charge < -0.3 is 14.7 Å². The third-order valence-electron chi connectivity index (χ3n) is 4.32. The molecule has 0 aromatic heterocycles. The van der Waals surface area contributed by atoms with Crippen LogP contribution in [0.15, 0.2) is 24.3 Å². The Bertz CT molecular complexity index is 683. The van der Waals surface area contributed by atoms with Crippen LogP contribution in [0.1, 0.15) is 32.8 Å². The van der Waals surface area contributed by atoms with Gasteiger partial charge in [0.15, 0.2) is 0 Å². The van der Waals surface area contributed by atoms with Crippen molar-refractivity contribution >= 4 is 12.0 Å². The van der Waals surface area contributed by atoms with E-state index in [2.05, 4.69) is 4.74 Å². The third kappa shape index (κ3) is 5.77. The van der Waals surface area contributed by atoms with E-state index in [4.69, 9.17) is 0 Å². The molecule has 0 radical (unpaired) electrons. The van der Waals surface area contributed by atoms with E-state index in [1.807, 2.05) is 0 Å². The van der Waals surface area contributed by atoms with Crippen LogP contribution >= 0.6 is 0 Å². The van der Waals surface area contributed by atoms with Crippen molar-refractivity contribution in [1.29, 1.82) is 0 Å². The van der Waals surface area contributed by atoms with Crippen LogP contribution in [0.2, 0.25) is 0 Å². The molecular formula is C18H23F3N2O4. The van der Waals surface area contributed by atoms with Crippen molar-refractivity contribution in [2.24, 2.45) is 0 Å². The fraction of sp³-hybridized carbons (Fsp3) is 0.556. The summed E-state index contributed by atoms with van der Waals surface area (Å²) in [6.07, 6.45) is -5.21. The highest BCUT2D eigenvalue weighted by atomic mass is 19.4. The van der Waals surface area contributed by atoms with Crippen molar-refractivity contribution in [3.63, 3.8) is 0 Å². The molecule has 1 aromatic rings. The van der Waals surface area contributed by atoms with Gasteiger partial charge >= 0.3 is 12.5 Å². The Morgan fingerprint density at radius 2 is 1.81 bits per heavy atom. The first-order valence-electron chi connectivity index (χ1n) is 8.51. The van der Waals surface area contributed by atoms with Gasteiger partial charge in [0.25, 0.3) is 0 Å². The number of hydrogen-bond donors (Lipinski definition) is 1. The van der Waals surface area contributed by atoms with Crippen LogP contribution in [0, 0.1) is 0 Å². The van der Waals surface area contributed by atoms with E-state index in [0.717, 1.165) is 12.1 Å². The number of rotatable bonds is 4. The predicted octanol–water partition coefficient (Wildman–Crippen LogP) is 3.51. The maximum absolute atomic E-state index is 12.5. The molecule has 0 aliphatic carbocycles. The minimum atomic E-state index is -4.76. The van der Waals surface area contributed by atoms with Gasteiger partial charge in [-0.2, -0.15) is 0 Å². The van der Waals surface area contributed by atoms with Gasteiger partial charge in [-0.25, -0.2) is 4.79 Å². The number of nitrogens with zero attached hydrogens (tertiary/aromatic N) is 2. The zero-order chi connectivity index (χ0) is 20.4. The average Bonchev–Trinajstić information content (AvgIpc) is 2.95. The van der Waals surface area contributed by atoms with Gasteiger partial charge in [-0.05, 0) is 44.9 Å². The molecule has 1 heterocycles. The molecule has 2 amide bonds. The monoisotopic (exact) mass is 388 g/mol. The van der Waals surface area contributed by atoms with E-state index < -0.39 is 18.0 Å². The molecule has 0 spiro atoms. The van der Waals surface area contributed by atoms with E-state index in [1.54, 1.807) is 25.7 Å². The second kappa shape index (κ2) is 7.66. The van der Waals surface area contributed by atoms with Crippen molar-refractivity contribution in [1.82, 2.24) is 9.80 Å². The number of ether oxygens (including phenoxy) is 1. The van der Waals surface area contributed by atoms with Crippen LogP contribution in [0.5, 0.6) is 5.75 Å². The van der Waals surface area contributed by atoms with Crippen molar-refractivity contribution in [2.75, 3.05) is 13.1 Å². The van der Waals surface area contributed by atoms with E-state index in [-0.39, 0.29) is 24.1 Å². The third-order valence-corrected chi connectivity index (χ3v) is 4.32. The number of amides is 2. The summed E-state index contributed by atoms with van der Waals surface area (Å²) in [6, 6.07) is 4.86. The van der Waals surface area contributed by atoms with Gasteiger partial charge in [-0.1, -0.05) is 12.1 Å². The summed E-state index contributed by atoms with van der Waals surface area (Å²) in [5.74, 6) is -0.538. The second-order valence-electron chi connectivity index (χ2n) is 7.47. The van der Waals surface area contributed by atoms with Crippen LogP contribution in [-0.4, -0.2) is 57.9 Å². The number of alkyl halides is 3. The molecule has 1 fully saturated rings. The van der Waals surface area contributed by atoms with Gasteiger partial charge in [-0.3, -0.25) is 9.69 Å². The fourth-order valence-electron chi connectivity index (χ4n) is 3.27. The molecule has 6 nitrogen and oxygen atoms in total. The standard InChI is InChI=1S/C18H23F3N2O4/c1-17(2,3)23(16(25)26)13-8-9-22(11-13)15(24)10-12-4-6-14(7-5-12)27-18(19,20)21/h4-7,13H,8-11H2,1-3H3,(H,25,26)/t13-/m0/s1. The lowest BCUT2D eigenvalue weighted by Crippen LogP contribution is -2.52. The predicted molar refractivity (Wildman–Crippen MR) is 91.4 cm³/mol. The first kappa shape index (κ1) is 20.9. The zero-order valence-corrected chi connectivity index (χ0v) is 15.4. The van der Waals surface area contributed by atoms with Crippen LogP contribution in [0.25, 0.3) is 0 Å². The molecule has 1 N–H and O–H groups in total. The van der Waals surface area contributed by atoms with Crippen molar-refractivity contribution in [3.8, 4) is 5.75 Å². The Hall–Kier alpha value is -2.45. The number of likely N-dealkylation sites (tertiary alicyclic amines) is 1. The molecule has 0 bridgehead atoms. The first-order chi connectivity index (χ1) is 12.4. The van der Waals surface area contributed by atoms with Crippen LogP contribution in [-0.2, 0) is 11.2 Å². The lowest BCUT2D eigenvalue weighted by molar-refractivity contribution is -0.274. The molecular weight excluding hydrogens is 365 g/mol. The number of carbonyl (C=O) groups excluding carboxylic acids is 1. The molecule has 9 heteroatoms.